The number of urea groups is 1. The Labute approximate surface area is 229 Å². The number of amides is 3. The zero-order valence-electron chi connectivity index (χ0n) is 23.0. The molecule has 3 aromatic rings. The van der Waals surface area contributed by atoms with E-state index < -0.39 is 6.03 Å². The fourth-order valence-corrected chi connectivity index (χ4v) is 4.27. The number of primary amides is 1. The maximum absolute atomic E-state index is 13.1. The summed E-state index contributed by atoms with van der Waals surface area (Å²) >= 11 is 6.33. The number of hydrogen-bond acceptors (Lipinski definition) is 4. The van der Waals surface area contributed by atoms with Crippen LogP contribution in [0.2, 0.25) is 5.02 Å². The van der Waals surface area contributed by atoms with Crippen LogP contribution in [0.4, 0.5) is 4.79 Å². The Kier molecular flexibility index (Phi) is 9.44. The van der Waals surface area contributed by atoms with E-state index >= 15 is 0 Å². The molecule has 0 saturated heterocycles. The molecule has 204 valence electrons. The molecule has 3 amide bonds. The van der Waals surface area contributed by atoms with Crippen molar-refractivity contribution < 1.29 is 14.3 Å². The zero-order valence-corrected chi connectivity index (χ0v) is 23.7. The molecule has 38 heavy (non-hydrogen) atoms. The summed E-state index contributed by atoms with van der Waals surface area (Å²) in [5.41, 5.74) is 8.98. The number of nitrogens with one attached hydrogen (secondary N) is 2. The summed E-state index contributed by atoms with van der Waals surface area (Å²) in [4.78, 5) is 34.1. The first-order chi connectivity index (χ1) is 17.8. The maximum atomic E-state index is 13.1. The molecule has 9 heteroatoms. The van der Waals surface area contributed by atoms with Crippen molar-refractivity contribution in [3.05, 3.63) is 70.6 Å². The maximum Gasteiger partial charge on any atom is 0.314 e. The van der Waals surface area contributed by atoms with Gasteiger partial charge in [-0.3, -0.25) is 4.79 Å². The van der Waals surface area contributed by atoms with Crippen molar-refractivity contribution >= 4 is 23.5 Å². The lowest BCUT2D eigenvalue weighted by Gasteiger charge is -2.24. The third-order valence-corrected chi connectivity index (χ3v) is 6.13. The lowest BCUT2D eigenvalue weighted by Crippen LogP contribution is -2.47. The zero-order chi connectivity index (χ0) is 28.0. The fourth-order valence-electron chi connectivity index (χ4n) is 4.05. The van der Waals surface area contributed by atoms with Crippen molar-refractivity contribution in [3.8, 4) is 17.0 Å². The standard InChI is InChI=1S/C29H38ClN5O3/c1-18(2)38-25-12-11-21(14-23(25)30)27(36)33-22(17-35(6)28(31)37)13-19-7-9-20(10-8-19)24-16-32-26(34-24)15-29(3,4)5/h7-12,14,16,18,22H,13,15,17H2,1-6H3,(H2,31,37)(H,32,34)(H,33,36). The van der Waals surface area contributed by atoms with E-state index in [1.807, 2.05) is 44.3 Å². The number of rotatable bonds is 10. The number of halogens is 1. The summed E-state index contributed by atoms with van der Waals surface area (Å²) in [7, 11) is 1.60. The van der Waals surface area contributed by atoms with E-state index in [1.54, 1.807) is 25.2 Å². The Balaban J connectivity index is 1.73. The van der Waals surface area contributed by atoms with Gasteiger partial charge in [0.2, 0.25) is 0 Å². The van der Waals surface area contributed by atoms with E-state index in [2.05, 4.69) is 36.1 Å². The summed E-state index contributed by atoms with van der Waals surface area (Å²) in [6, 6.07) is 12.1. The van der Waals surface area contributed by atoms with Crippen LogP contribution in [0.3, 0.4) is 0 Å². The predicted octanol–water partition coefficient (Wildman–Crippen LogP) is 5.46. The molecule has 1 heterocycles. The molecular weight excluding hydrogens is 502 g/mol. The molecule has 1 atom stereocenters. The number of aromatic nitrogens is 2. The van der Waals surface area contributed by atoms with Gasteiger partial charge in [0.1, 0.15) is 11.6 Å². The lowest BCUT2D eigenvalue weighted by molar-refractivity contribution is 0.0929. The van der Waals surface area contributed by atoms with Gasteiger partial charge in [-0.2, -0.15) is 0 Å². The molecule has 0 spiro atoms. The average Bonchev–Trinajstić information content (AvgIpc) is 3.27. The van der Waals surface area contributed by atoms with Gasteiger partial charge < -0.3 is 25.7 Å². The molecular formula is C29H38ClN5O3. The quantitative estimate of drug-likeness (QED) is 0.317. The Morgan fingerprint density at radius 1 is 1.16 bits per heavy atom. The topological polar surface area (TPSA) is 113 Å². The fraction of sp³-hybridized carbons (Fsp3) is 0.414. The molecule has 0 aliphatic heterocycles. The van der Waals surface area contributed by atoms with Crippen LogP contribution in [-0.4, -0.2) is 52.5 Å². The molecule has 0 saturated carbocycles. The molecule has 2 aromatic carbocycles. The van der Waals surface area contributed by atoms with Gasteiger partial charge in [0.15, 0.2) is 0 Å². The average molecular weight is 540 g/mol. The number of aromatic amines is 1. The highest BCUT2D eigenvalue weighted by Gasteiger charge is 2.20. The van der Waals surface area contributed by atoms with Gasteiger partial charge in [0.05, 0.1) is 29.1 Å². The molecule has 0 aliphatic carbocycles. The van der Waals surface area contributed by atoms with E-state index in [0.717, 1.165) is 29.1 Å². The van der Waals surface area contributed by atoms with Crippen LogP contribution >= 0.6 is 11.6 Å². The molecule has 0 radical (unpaired) electrons. The Hall–Kier alpha value is -3.52. The van der Waals surface area contributed by atoms with Crippen LogP contribution in [0.15, 0.2) is 48.7 Å². The number of hydrogen-bond donors (Lipinski definition) is 3. The van der Waals surface area contributed by atoms with Crippen molar-refractivity contribution in [2.24, 2.45) is 11.1 Å². The van der Waals surface area contributed by atoms with Gasteiger partial charge in [0.25, 0.3) is 5.91 Å². The minimum absolute atomic E-state index is 0.0360. The van der Waals surface area contributed by atoms with Crippen LogP contribution in [0, 0.1) is 5.41 Å². The summed E-state index contributed by atoms with van der Waals surface area (Å²) < 4.78 is 5.65. The van der Waals surface area contributed by atoms with Gasteiger partial charge in [-0.1, -0.05) is 56.6 Å². The van der Waals surface area contributed by atoms with E-state index in [9.17, 15) is 9.59 Å². The van der Waals surface area contributed by atoms with E-state index in [4.69, 9.17) is 22.1 Å². The highest BCUT2D eigenvalue weighted by molar-refractivity contribution is 6.32. The number of imidazole rings is 1. The highest BCUT2D eigenvalue weighted by atomic mass is 35.5. The van der Waals surface area contributed by atoms with Crippen LogP contribution in [0.25, 0.3) is 11.3 Å². The monoisotopic (exact) mass is 539 g/mol. The normalized spacial score (nSPS) is 12.3. The summed E-state index contributed by atoms with van der Waals surface area (Å²) in [5.74, 6) is 1.18. The second-order valence-corrected chi connectivity index (χ2v) is 11.5. The Morgan fingerprint density at radius 2 is 1.84 bits per heavy atom. The molecule has 1 unspecified atom stereocenters. The van der Waals surface area contributed by atoms with Gasteiger partial charge in [-0.05, 0) is 55.0 Å². The van der Waals surface area contributed by atoms with Gasteiger partial charge in [-0.25, -0.2) is 9.78 Å². The smallest absolute Gasteiger partial charge is 0.314 e. The molecule has 3 rings (SSSR count). The van der Waals surface area contributed by atoms with Gasteiger partial charge in [0, 0.05) is 25.6 Å². The molecule has 0 bridgehead atoms. The van der Waals surface area contributed by atoms with E-state index in [-0.39, 0.29) is 30.0 Å². The third kappa shape index (κ3) is 8.52. The first kappa shape index (κ1) is 29.0. The second kappa shape index (κ2) is 12.3. The lowest BCUT2D eigenvalue weighted by atomic mass is 9.92. The first-order valence-electron chi connectivity index (χ1n) is 12.7. The molecule has 1 aromatic heterocycles. The Morgan fingerprint density at radius 3 is 2.42 bits per heavy atom. The minimum Gasteiger partial charge on any atom is -0.489 e. The molecule has 0 fully saturated rings. The van der Waals surface area contributed by atoms with E-state index in [1.165, 1.54) is 4.90 Å². The van der Waals surface area contributed by atoms with Crippen molar-refractivity contribution in [3.63, 3.8) is 0 Å². The van der Waals surface area contributed by atoms with Gasteiger partial charge >= 0.3 is 6.03 Å². The Bertz CT molecular complexity index is 1250. The number of nitrogens with two attached hydrogens (primary N) is 1. The number of ether oxygens (including phenoxy) is 1. The number of carbonyl (C=O) groups excluding carboxylic acids is 2. The first-order valence-corrected chi connectivity index (χ1v) is 13.1. The largest absolute Gasteiger partial charge is 0.489 e. The molecule has 0 aliphatic rings. The van der Waals surface area contributed by atoms with Crippen LogP contribution in [0.1, 0.15) is 56.4 Å². The van der Waals surface area contributed by atoms with Crippen molar-refractivity contribution in [2.45, 2.75) is 59.6 Å². The van der Waals surface area contributed by atoms with Crippen molar-refractivity contribution in [2.75, 3.05) is 13.6 Å². The van der Waals surface area contributed by atoms with Crippen LogP contribution in [-0.2, 0) is 12.8 Å². The minimum atomic E-state index is -0.567. The number of nitrogens with zero attached hydrogens (tertiary/aromatic N) is 2. The molecule has 8 nitrogen and oxygen atoms in total. The van der Waals surface area contributed by atoms with Gasteiger partial charge in [-0.15, -0.1) is 0 Å². The van der Waals surface area contributed by atoms with Crippen molar-refractivity contribution in [1.82, 2.24) is 20.2 Å². The third-order valence-electron chi connectivity index (χ3n) is 5.84. The molecule has 4 N–H and O–H groups in total. The van der Waals surface area contributed by atoms with Crippen LogP contribution in [0.5, 0.6) is 5.75 Å². The number of benzene rings is 2. The number of carbonyl (C=O) groups is 2. The number of H-pyrrole nitrogens is 1. The van der Waals surface area contributed by atoms with Crippen LogP contribution < -0.4 is 15.8 Å². The summed E-state index contributed by atoms with van der Waals surface area (Å²) in [6.45, 7) is 10.6. The number of likely N-dealkylation sites (N-methyl/N-ethyl adjacent to an activating group) is 1. The van der Waals surface area contributed by atoms with E-state index in [0.29, 0.717) is 22.8 Å². The summed E-state index contributed by atoms with van der Waals surface area (Å²) in [6.07, 6.45) is 3.18. The highest BCUT2D eigenvalue weighted by Crippen LogP contribution is 2.27. The van der Waals surface area contributed by atoms with Crippen molar-refractivity contribution in [1.29, 1.82) is 0 Å². The predicted molar refractivity (Wildman–Crippen MR) is 152 cm³/mol. The summed E-state index contributed by atoms with van der Waals surface area (Å²) in [5, 5.41) is 3.38. The second-order valence-electron chi connectivity index (χ2n) is 11.1. The SMILES string of the molecule is CC(C)Oc1ccc(C(=O)NC(Cc2ccc(-c3cnc(CC(C)(C)C)[nH]3)cc2)CN(C)C(N)=O)cc1Cl.